The molecule has 9 heteroatoms. The Labute approximate surface area is 220 Å². The van der Waals surface area contributed by atoms with Crippen LogP contribution in [0.25, 0.3) is 0 Å². The summed E-state index contributed by atoms with van der Waals surface area (Å²) in [4.78, 5) is 19.4. The molecule has 2 aromatic carbocycles. The second-order valence-electron chi connectivity index (χ2n) is 9.61. The average molecular weight is 523 g/mol. The molecule has 3 aromatic rings. The summed E-state index contributed by atoms with van der Waals surface area (Å²) in [5.41, 5.74) is 2.56. The minimum absolute atomic E-state index is 0.0670. The molecule has 0 spiro atoms. The Morgan fingerprint density at radius 1 is 1.11 bits per heavy atom. The van der Waals surface area contributed by atoms with E-state index >= 15 is 0 Å². The highest BCUT2D eigenvalue weighted by Gasteiger charge is 2.33. The molecule has 6 nitrogen and oxygen atoms in total. The summed E-state index contributed by atoms with van der Waals surface area (Å²) in [6.07, 6.45) is -1.92. The molecule has 38 heavy (non-hydrogen) atoms. The number of benzene rings is 2. The molecule has 0 aliphatic carbocycles. The lowest BCUT2D eigenvalue weighted by molar-refractivity contribution is -0.137. The van der Waals surface area contributed by atoms with E-state index in [1.54, 1.807) is 30.5 Å². The van der Waals surface area contributed by atoms with Crippen LogP contribution in [0.5, 0.6) is 0 Å². The lowest BCUT2D eigenvalue weighted by atomic mass is 9.97. The summed E-state index contributed by atoms with van der Waals surface area (Å²) in [6.45, 7) is 5.42. The van der Waals surface area contributed by atoms with Crippen LogP contribution >= 0.6 is 0 Å². The van der Waals surface area contributed by atoms with Crippen molar-refractivity contribution in [1.82, 2.24) is 15.2 Å². The highest BCUT2D eigenvalue weighted by atomic mass is 19.4. The van der Waals surface area contributed by atoms with E-state index in [2.05, 4.69) is 15.2 Å². The van der Waals surface area contributed by atoms with Crippen molar-refractivity contribution in [1.29, 1.82) is 5.26 Å². The van der Waals surface area contributed by atoms with Crippen molar-refractivity contribution >= 4 is 5.91 Å². The molecule has 0 saturated carbocycles. The molecule has 2 atom stereocenters. The molecule has 1 fully saturated rings. The smallest absolute Gasteiger partial charge is 0.373 e. The minimum Gasteiger partial charge on any atom is -0.373 e. The van der Waals surface area contributed by atoms with E-state index in [4.69, 9.17) is 10.00 Å². The number of nitriles is 1. The fourth-order valence-electron chi connectivity index (χ4n) is 4.51. The van der Waals surface area contributed by atoms with Crippen molar-refractivity contribution in [2.45, 2.75) is 51.2 Å². The van der Waals surface area contributed by atoms with Gasteiger partial charge in [-0.3, -0.25) is 14.7 Å². The van der Waals surface area contributed by atoms with Gasteiger partial charge in [-0.05, 0) is 73.9 Å². The van der Waals surface area contributed by atoms with Gasteiger partial charge in [0.1, 0.15) is 0 Å². The zero-order valence-electron chi connectivity index (χ0n) is 21.2. The van der Waals surface area contributed by atoms with Gasteiger partial charge in [0.25, 0.3) is 5.91 Å². The number of nitrogens with zero attached hydrogens (tertiary/aromatic N) is 3. The highest BCUT2D eigenvalue weighted by Crippen LogP contribution is 2.34. The first-order valence-corrected chi connectivity index (χ1v) is 12.4. The van der Waals surface area contributed by atoms with E-state index < -0.39 is 11.7 Å². The lowest BCUT2D eigenvalue weighted by Gasteiger charge is -2.29. The van der Waals surface area contributed by atoms with E-state index in [1.165, 1.54) is 12.1 Å². The van der Waals surface area contributed by atoms with Gasteiger partial charge in [-0.15, -0.1) is 0 Å². The minimum atomic E-state index is -4.41. The first kappa shape index (κ1) is 27.3. The van der Waals surface area contributed by atoms with Gasteiger partial charge in [-0.2, -0.15) is 18.4 Å². The normalized spacial score (nSPS) is 16.8. The van der Waals surface area contributed by atoms with Crippen LogP contribution in [0.1, 0.15) is 64.6 Å². The fourth-order valence-corrected chi connectivity index (χ4v) is 4.51. The van der Waals surface area contributed by atoms with Crippen LogP contribution in [0, 0.1) is 11.3 Å². The zero-order chi connectivity index (χ0) is 27.3. The number of carbonyl (C=O) groups excluding carboxylic acids is 1. The van der Waals surface area contributed by atoms with Crippen molar-refractivity contribution in [3.63, 3.8) is 0 Å². The number of pyridine rings is 1. The third-order valence-electron chi connectivity index (χ3n) is 6.48. The number of carbonyl (C=O) groups is 1. The maximum Gasteiger partial charge on any atom is 0.416 e. The van der Waals surface area contributed by atoms with Crippen LogP contribution in [0.2, 0.25) is 0 Å². The average Bonchev–Trinajstić information content (AvgIpc) is 3.36. The molecule has 0 bridgehead atoms. The second kappa shape index (κ2) is 11.8. The predicted molar refractivity (Wildman–Crippen MR) is 136 cm³/mol. The van der Waals surface area contributed by atoms with Gasteiger partial charge in [0.2, 0.25) is 0 Å². The van der Waals surface area contributed by atoms with Gasteiger partial charge < -0.3 is 10.1 Å². The van der Waals surface area contributed by atoms with E-state index in [0.29, 0.717) is 42.8 Å². The third-order valence-corrected chi connectivity index (χ3v) is 6.48. The summed E-state index contributed by atoms with van der Waals surface area (Å²) in [5.74, 6) is -0.233. The Balaban J connectivity index is 1.53. The van der Waals surface area contributed by atoms with Gasteiger partial charge in [0.15, 0.2) is 0 Å². The molecule has 1 aromatic heterocycles. The molecular weight excluding hydrogens is 493 g/mol. The summed E-state index contributed by atoms with van der Waals surface area (Å²) in [7, 11) is 0. The largest absolute Gasteiger partial charge is 0.416 e. The topological polar surface area (TPSA) is 78.2 Å². The van der Waals surface area contributed by atoms with Gasteiger partial charge in [-0.25, -0.2) is 0 Å². The molecule has 2 heterocycles. The summed E-state index contributed by atoms with van der Waals surface area (Å²) < 4.78 is 45.2. The van der Waals surface area contributed by atoms with Crippen LogP contribution in [-0.2, 0) is 17.5 Å². The van der Waals surface area contributed by atoms with Crippen LogP contribution in [-0.4, -0.2) is 41.0 Å². The van der Waals surface area contributed by atoms with E-state index in [-0.39, 0.29) is 24.1 Å². The second-order valence-corrected chi connectivity index (χ2v) is 9.61. The molecule has 1 N–H and O–H groups in total. The number of halogens is 3. The number of hydrogen-bond donors (Lipinski definition) is 1. The summed E-state index contributed by atoms with van der Waals surface area (Å²) in [6, 6.07) is 17.0. The molecule has 1 aliphatic rings. The van der Waals surface area contributed by atoms with Crippen molar-refractivity contribution < 1.29 is 22.7 Å². The van der Waals surface area contributed by atoms with Crippen molar-refractivity contribution in [3.8, 4) is 6.07 Å². The summed E-state index contributed by atoms with van der Waals surface area (Å²) >= 11 is 0. The molecular formula is C29H29F3N4O2. The number of alkyl halides is 3. The monoisotopic (exact) mass is 522 g/mol. The third kappa shape index (κ3) is 6.77. The quantitative estimate of drug-likeness (QED) is 0.423. The van der Waals surface area contributed by atoms with E-state index in [9.17, 15) is 18.0 Å². The van der Waals surface area contributed by atoms with Gasteiger partial charge >= 0.3 is 6.18 Å². The standard InChI is InChI=1S/C29H29F3N4O2/c1-19(2)38-18-26-12-9-23(16-34-26)27(21-7-10-24(11-8-21)29(30,31)32)36-14-13-25(17-36)35-28(37)22-5-3-20(15-33)4-6-22/h3-12,16,19,25,27H,13-14,17-18H2,1-2H3,(H,35,37)/t25-,27?/m1/s1. The Kier molecular flexibility index (Phi) is 8.45. The van der Waals surface area contributed by atoms with E-state index in [1.807, 2.05) is 32.0 Å². The van der Waals surface area contributed by atoms with Crippen molar-refractivity contribution in [2.75, 3.05) is 13.1 Å². The SMILES string of the molecule is CC(C)OCc1ccc(C(c2ccc(C(F)(F)F)cc2)N2CC[C@@H](NC(=O)c3ccc(C#N)cc3)C2)cn1. The molecule has 1 amide bonds. The van der Waals surface area contributed by atoms with Crippen LogP contribution < -0.4 is 5.32 Å². The summed E-state index contributed by atoms with van der Waals surface area (Å²) in [5, 5.41) is 12.0. The van der Waals surface area contributed by atoms with Crippen molar-refractivity contribution in [2.24, 2.45) is 0 Å². The fraction of sp³-hybridized carbons (Fsp3) is 0.345. The first-order chi connectivity index (χ1) is 18.1. The molecule has 1 unspecified atom stereocenters. The Hall–Kier alpha value is -3.74. The molecule has 0 radical (unpaired) electrons. The molecule has 1 aliphatic heterocycles. The molecule has 1 saturated heterocycles. The zero-order valence-corrected chi connectivity index (χ0v) is 21.2. The number of amides is 1. The van der Waals surface area contributed by atoms with Crippen LogP contribution in [0.15, 0.2) is 66.9 Å². The molecule has 4 rings (SSSR count). The van der Waals surface area contributed by atoms with Gasteiger partial charge in [0.05, 0.1) is 41.6 Å². The van der Waals surface area contributed by atoms with E-state index in [0.717, 1.165) is 23.4 Å². The Morgan fingerprint density at radius 3 is 2.37 bits per heavy atom. The number of hydrogen-bond acceptors (Lipinski definition) is 5. The van der Waals surface area contributed by atoms with Gasteiger partial charge in [-0.1, -0.05) is 18.2 Å². The number of ether oxygens (including phenoxy) is 1. The first-order valence-electron chi connectivity index (χ1n) is 12.4. The Morgan fingerprint density at radius 2 is 1.79 bits per heavy atom. The number of likely N-dealkylation sites (tertiary alicyclic amines) is 1. The van der Waals surface area contributed by atoms with Crippen LogP contribution in [0.4, 0.5) is 13.2 Å². The van der Waals surface area contributed by atoms with Crippen molar-refractivity contribution in [3.05, 3.63) is 100 Å². The number of nitrogens with one attached hydrogen (secondary N) is 1. The lowest BCUT2D eigenvalue weighted by Crippen LogP contribution is -2.38. The Bertz CT molecular complexity index is 1270. The van der Waals surface area contributed by atoms with Crippen LogP contribution in [0.3, 0.4) is 0 Å². The van der Waals surface area contributed by atoms with Gasteiger partial charge in [0, 0.05) is 30.9 Å². The maximum absolute atomic E-state index is 13.2. The number of aromatic nitrogens is 1. The number of rotatable bonds is 8. The predicted octanol–water partition coefficient (Wildman–Crippen LogP) is 5.49. The highest BCUT2D eigenvalue weighted by molar-refractivity contribution is 5.94. The maximum atomic E-state index is 13.2. The molecule has 198 valence electrons.